The first-order valence-electron chi connectivity index (χ1n) is 6.23. The molecule has 0 fully saturated rings. The third-order valence-electron chi connectivity index (χ3n) is 3.08. The molecule has 0 aliphatic rings. The van der Waals surface area contributed by atoms with Gasteiger partial charge in [-0.1, -0.05) is 15.9 Å². The Morgan fingerprint density at radius 1 is 1.23 bits per heavy atom. The highest BCUT2D eigenvalue weighted by atomic mass is 79.9. The molecule has 0 atom stereocenters. The molecular formula is C15H8BrFN4O. The van der Waals surface area contributed by atoms with Crippen molar-refractivity contribution in [1.29, 1.82) is 5.26 Å². The number of aromatic nitrogens is 2. The van der Waals surface area contributed by atoms with Crippen molar-refractivity contribution in [3.63, 3.8) is 0 Å². The SMILES string of the molecule is N#CNc1nc2ccc(Br)cc2c(=O)n1-c1ccc(F)cc1. The zero-order chi connectivity index (χ0) is 15.7. The highest BCUT2D eigenvalue weighted by Gasteiger charge is 2.13. The molecule has 0 bridgehead atoms. The van der Waals surface area contributed by atoms with E-state index in [4.69, 9.17) is 5.26 Å². The fourth-order valence-corrected chi connectivity index (χ4v) is 2.48. The summed E-state index contributed by atoms with van der Waals surface area (Å²) in [6, 6.07) is 10.5. The Bertz CT molecular complexity index is 960. The zero-order valence-corrected chi connectivity index (χ0v) is 12.6. The summed E-state index contributed by atoms with van der Waals surface area (Å²) in [5, 5.41) is 11.6. The summed E-state index contributed by atoms with van der Waals surface area (Å²) in [6.45, 7) is 0. The van der Waals surface area contributed by atoms with E-state index in [1.807, 2.05) is 0 Å². The van der Waals surface area contributed by atoms with Crippen molar-refractivity contribution in [1.82, 2.24) is 9.55 Å². The minimum atomic E-state index is -0.414. The van der Waals surface area contributed by atoms with Crippen LogP contribution in [0.15, 0.2) is 51.7 Å². The molecular weight excluding hydrogens is 351 g/mol. The molecule has 3 rings (SSSR count). The summed E-state index contributed by atoms with van der Waals surface area (Å²) in [7, 11) is 0. The van der Waals surface area contributed by atoms with Crippen LogP contribution in [0.2, 0.25) is 0 Å². The lowest BCUT2D eigenvalue weighted by Gasteiger charge is -2.12. The standard InChI is InChI=1S/C15H8BrFN4O/c16-9-1-6-13-12(7-9)14(22)21(15(20-13)19-8-18)11-4-2-10(17)3-5-11/h1-7H,(H,19,20). The normalized spacial score (nSPS) is 10.4. The Morgan fingerprint density at radius 3 is 2.64 bits per heavy atom. The Balaban J connectivity index is 2.37. The van der Waals surface area contributed by atoms with Gasteiger partial charge >= 0.3 is 0 Å². The van der Waals surface area contributed by atoms with Crippen LogP contribution in [-0.2, 0) is 0 Å². The van der Waals surface area contributed by atoms with Crippen LogP contribution in [0.3, 0.4) is 0 Å². The summed E-state index contributed by atoms with van der Waals surface area (Å²) >= 11 is 3.31. The minimum Gasteiger partial charge on any atom is -0.268 e. The maximum atomic E-state index is 13.1. The summed E-state index contributed by atoms with van der Waals surface area (Å²) in [6.07, 6.45) is 1.75. The Labute approximate surface area is 132 Å². The second-order valence-corrected chi connectivity index (χ2v) is 5.37. The highest BCUT2D eigenvalue weighted by Crippen LogP contribution is 2.19. The summed E-state index contributed by atoms with van der Waals surface area (Å²) in [4.78, 5) is 17.0. The van der Waals surface area contributed by atoms with Crippen LogP contribution >= 0.6 is 15.9 Å². The van der Waals surface area contributed by atoms with Crippen LogP contribution in [0.1, 0.15) is 0 Å². The van der Waals surface area contributed by atoms with Crippen LogP contribution in [-0.4, -0.2) is 9.55 Å². The monoisotopic (exact) mass is 358 g/mol. The number of nitriles is 1. The molecule has 0 spiro atoms. The van der Waals surface area contributed by atoms with Crippen molar-refractivity contribution in [2.45, 2.75) is 0 Å². The van der Waals surface area contributed by atoms with Gasteiger partial charge in [-0.3, -0.25) is 10.1 Å². The molecule has 7 heteroatoms. The molecule has 0 unspecified atom stereocenters. The van der Waals surface area contributed by atoms with E-state index in [-0.39, 0.29) is 11.5 Å². The molecule has 5 nitrogen and oxygen atoms in total. The van der Waals surface area contributed by atoms with Gasteiger partial charge in [0.05, 0.1) is 16.6 Å². The van der Waals surface area contributed by atoms with Gasteiger partial charge in [0.15, 0.2) is 6.19 Å². The van der Waals surface area contributed by atoms with E-state index in [1.165, 1.54) is 28.8 Å². The Morgan fingerprint density at radius 2 is 1.95 bits per heavy atom. The average Bonchev–Trinajstić information content (AvgIpc) is 2.50. The van der Waals surface area contributed by atoms with Gasteiger partial charge in [0.1, 0.15) is 5.82 Å². The summed E-state index contributed by atoms with van der Waals surface area (Å²) in [5.74, 6) is -0.336. The fraction of sp³-hybridized carbons (Fsp3) is 0. The van der Waals surface area contributed by atoms with E-state index >= 15 is 0 Å². The second kappa shape index (κ2) is 5.58. The summed E-state index contributed by atoms with van der Waals surface area (Å²) < 4.78 is 15.1. The molecule has 2 aromatic carbocycles. The first-order valence-corrected chi connectivity index (χ1v) is 7.03. The average molecular weight is 359 g/mol. The maximum Gasteiger partial charge on any atom is 0.267 e. The molecule has 3 aromatic rings. The predicted octanol–water partition coefficient (Wildman–Crippen LogP) is 3.18. The number of rotatable bonds is 2. The lowest BCUT2D eigenvalue weighted by atomic mass is 10.2. The number of hydrogen-bond donors (Lipinski definition) is 1. The molecule has 0 aliphatic carbocycles. The molecule has 0 radical (unpaired) electrons. The first-order chi connectivity index (χ1) is 10.6. The van der Waals surface area contributed by atoms with Crippen LogP contribution in [0.5, 0.6) is 0 Å². The Kier molecular flexibility index (Phi) is 3.61. The first kappa shape index (κ1) is 14.2. The van der Waals surface area contributed by atoms with Gasteiger partial charge in [-0.2, -0.15) is 5.26 Å². The number of halogens is 2. The van der Waals surface area contributed by atoms with Crippen LogP contribution < -0.4 is 10.9 Å². The molecule has 0 aliphatic heterocycles. The van der Waals surface area contributed by atoms with Gasteiger partial charge in [-0.25, -0.2) is 13.9 Å². The summed E-state index contributed by atoms with van der Waals surface area (Å²) in [5.41, 5.74) is 0.526. The van der Waals surface area contributed by atoms with Crippen molar-refractivity contribution in [2.75, 3.05) is 5.32 Å². The van der Waals surface area contributed by atoms with Gasteiger partial charge in [0.25, 0.3) is 5.56 Å². The molecule has 1 heterocycles. The van der Waals surface area contributed by atoms with Gasteiger partial charge in [-0.05, 0) is 42.5 Å². The van der Waals surface area contributed by atoms with Gasteiger partial charge in [0.2, 0.25) is 5.95 Å². The lowest BCUT2D eigenvalue weighted by Crippen LogP contribution is -2.22. The van der Waals surface area contributed by atoms with Gasteiger partial charge < -0.3 is 0 Å². The van der Waals surface area contributed by atoms with E-state index in [1.54, 1.807) is 24.4 Å². The number of fused-ring (bicyclic) bond motifs is 1. The molecule has 1 N–H and O–H groups in total. The molecule has 108 valence electrons. The molecule has 0 saturated heterocycles. The number of hydrogen-bond acceptors (Lipinski definition) is 4. The van der Waals surface area contributed by atoms with Crippen molar-refractivity contribution in [2.24, 2.45) is 0 Å². The van der Waals surface area contributed by atoms with E-state index in [2.05, 4.69) is 26.2 Å². The van der Waals surface area contributed by atoms with E-state index in [0.717, 1.165) is 4.47 Å². The van der Waals surface area contributed by atoms with Crippen LogP contribution in [0.4, 0.5) is 10.3 Å². The number of nitrogens with zero attached hydrogens (tertiary/aromatic N) is 3. The molecule has 0 amide bonds. The highest BCUT2D eigenvalue weighted by molar-refractivity contribution is 9.10. The van der Waals surface area contributed by atoms with Crippen molar-refractivity contribution in [3.05, 3.63) is 63.1 Å². The quantitative estimate of drug-likeness (QED) is 0.564. The predicted molar refractivity (Wildman–Crippen MR) is 84.2 cm³/mol. The van der Waals surface area contributed by atoms with E-state index in [0.29, 0.717) is 16.6 Å². The lowest BCUT2D eigenvalue weighted by molar-refractivity contribution is 0.627. The third-order valence-corrected chi connectivity index (χ3v) is 3.58. The van der Waals surface area contributed by atoms with Crippen molar-refractivity contribution < 1.29 is 4.39 Å². The van der Waals surface area contributed by atoms with Crippen molar-refractivity contribution in [3.8, 4) is 11.9 Å². The fourth-order valence-electron chi connectivity index (χ4n) is 2.12. The number of benzene rings is 2. The largest absolute Gasteiger partial charge is 0.268 e. The van der Waals surface area contributed by atoms with E-state index in [9.17, 15) is 9.18 Å². The third kappa shape index (κ3) is 2.44. The molecule has 0 saturated carbocycles. The maximum absolute atomic E-state index is 13.1. The van der Waals surface area contributed by atoms with E-state index < -0.39 is 5.82 Å². The second-order valence-electron chi connectivity index (χ2n) is 4.45. The number of nitrogens with one attached hydrogen (secondary N) is 1. The van der Waals surface area contributed by atoms with Gasteiger partial charge in [0, 0.05) is 4.47 Å². The zero-order valence-electron chi connectivity index (χ0n) is 11.0. The Hall–Kier alpha value is -2.72. The smallest absolute Gasteiger partial charge is 0.267 e. The van der Waals surface area contributed by atoms with Crippen LogP contribution in [0.25, 0.3) is 16.6 Å². The topological polar surface area (TPSA) is 70.7 Å². The van der Waals surface area contributed by atoms with Crippen LogP contribution in [0, 0.1) is 17.3 Å². The van der Waals surface area contributed by atoms with Gasteiger partial charge in [-0.15, -0.1) is 0 Å². The molecule has 1 aromatic heterocycles. The molecule has 22 heavy (non-hydrogen) atoms. The number of anilines is 1. The van der Waals surface area contributed by atoms with Crippen molar-refractivity contribution >= 4 is 32.8 Å². The minimum absolute atomic E-state index is 0.0777.